The normalized spacial score (nSPS) is 10.1. The summed E-state index contributed by atoms with van der Waals surface area (Å²) in [4.78, 5) is 27.1. The summed E-state index contributed by atoms with van der Waals surface area (Å²) in [5.74, 6) is -1.12. The van der Waals surface area contributed by atoms with Gasteiger partial charge in [-0.15, -0.1) is 0 Å². The van der Waals surface area contributed by atoms with Gasteiger partial charge in [-0.25, -0.2) is 4.79 Å². The number of carboxylic acids is 1. The molecule has 0 aliphatic rings. The van der Waals surface area contributed by atoms with E-state index in [-0.39, 0.29) is 11.3 Å². The van der Waals surface area contributed by atoms with Crippen LogP contribution in [-0.4, -0.2) is 28.0 Å². The monoisotopic (exact) mass is 287 g/mol. The standard InChI is InChI=1S/C14H13N3O4/c1-16(9-10-4-6-15-7-5-10)13-8-11(17(20)21)2-3-12(13)14(18)19/h2-8H,9H2,1H3,(H,18,19). The molecule has 0 aliphatic carbocycles. The lowest BCUT2D eigenvalue weighted by molar-refractivity contribution is -0.384. The zero-order valence-electron chi connectivity index (χ0n) is 11.3. The second kappa shape index (κ2) is 6.00. The Kier molecular flexibility index (Phi) is 4.13. The summed E-state index contributed by atoms with van der Waals surface area (Å²) in [7, 11) is 1.69. The topological polar surface area (TPSA) is 96.6 Å². The minimum atomic E-state index is -1.12. The molecule has 2 aromatic rings. The van der Waals surface area contributed by atoms with Gasteiger partial charge in [0.1, 0.15) is 0 Å². The number of carbonyl (C=O) groups is 1. The zero-order valence-corrected chi connectivity index (χ0v) is 11.3. The van der Waals surface area contributed by atoms with Crippen LogP contribution in [0.5, 0.6) is 0 Å². The van der Waals surface area contributed by atoms with E-state index < -0.39 is 10.9 Å². The van der Waals surface area contributed by atoms with Crippen LogP contribution in [0.15, 0.2) is 42.7 Å². The van der Waals surface area contributed by atoms with E-state index in [9.17, 15) is 20.0 Å². The molecule has 7 heteroatoms. The number of pyridine rings is 1. The second-order valence-electron chi connectivity index (χ2n) is 4.48. The highest BCUT2D eigenvalue weighted by Crippen LogP contribution is 2.26. The maximum Gasteiger partial charge on any atom is 0.337 e. The van der Waals surface area contributed by atoms with Gasteiger partial charge < -0.3 is 10.0 Å². The fourth-order valence-corrected chi connectivity index (χ4v) is 1.98. The van der Waals surface area contributed by atoms with Crippen molar-refractivity contribution in [3.8, 4) is 0 Å². The van der Waals surface area contributed by atoms with Crippen molar-refractivity contribution >= 4 is 17.3 Å². The molecule has 0 unspecified atom stereocenters. The predicted molar refractivity (Wildman–Crippen MR) is 76.4 cm³/mol. The molecule has 21 heavy (non-hydrogen) atoms. The Balaban J connectivity index is 2.37. The predicted octanol–water partition coefficient (Wildman–Crippen LogP) is 2.32. The maximum absolute atomic E-state index is 11.3. The summed E-state index contributed by atoms with van der Waals surface area (Å²) >= 11 is 0. The molecule has 7 nitrogen and oxygen atoms in total. The quantitative estimate of drug-likeness (QED) is 0.669. The first-order valence-corrected chi connectivity index (χ1v) is 6.11. The van der Waals surface area contributed by atoms with Crippen molar-refractivity contribution in [3.63, 3.8) is 0 Å². The largest absolute Gasteiger partial charge is 0.478 e. The van der Waals surface area contributed by atoms with Crippen LogP contribution in [0.2, 0.25) is 0 Å². The van der Waals surface area contributed by atoms with Crippen LogP contribution in [0.25, 0.3) is 0 Å². The van der Waals surface area contributed by atoms with Gasteiger partial charge in [0.2, 0.25) is 0 Å². The molecule has 0 atom stereocenters. The number of nitrogens with zero attached hydrogens (tertiary/aromatic N) is 3. The SMILES string of the molecule is CN(Cc1ccncc1)c1cc([N+](=O)[O-])ccc1C(=O)O. The minimum absolute atomic E-state index is 0.0251. The number of hydrogen-bond acceptors (Lipinski definition) is 5. The molecule has 1 aromatic heterocycles. The van der Waals surface area contributed by atoms with Crippen molar-refractivity contribution in [2.75, 3.05) is 11.9 Å². The first-order chi connectivity index (χ1) is 9.99. The molecule has 0 fully saturated rings. The number of aromatic nitrogens is 1. The van der Waals surface area contributed by atoms with Gasteiger partial charge in [0.25, 0.3) is 5.69 Å². The molecule has 1 heterocycles. The van der Waals surface area contributed by atoms with E-state index in [0.29, 0.717) is 12.2 Å². The Morgan fingerprint density at radius 2 is 2.00 bits per heavy atom. The summed E-state index contributed by atoms with van der Waals surface area (Å²) in [6.07, 6.45) is 3.27. The van der Waals surface area contributed by atoms with Crippen LogP contribution in [0, 0.1) is 10.1 Å². The van der Waals surface area contributed by atoms with Crippen LogP contribution in [0.4, 0.5) is 11.4 Å². The summed E-state index contributed by atoms with van der Waals surface area (Å²) in [6.45, 7) is 0.421. The van der Waals surface area contributed by atoms with E-state index in [1.807, 2.05) is 0 Å². The van der Waals surface area contributed by atoms with Crippen molar-refractivity contribution in [1.82, 2.24) is 4.98 Å². The van der Waals surface area contributed by atoms with Crippen LogP contribution in [0.3, 0.4) is 0 Å². The fraction of sp³-hybridized carbons (Fsp3) is 0.143. The van der Waals surface area contributed by atoms with E-state index in [0.717, 1.165) is 5.56 Å². The number of hydrogen-bond donors (Lipinski definition) is 1. The fourth-order valence-electron chi connectivity index (χ4n) is 1.98. The molecule has 2 rings (SSSR count). The third-order valence-electron chi connectivity index (χ3n) is 3.00. The first-order valence-electron chi connectivity index (χ1n) is 6.11. The Hall–Kier alpha value is -2.96. The Morgan fingerprint density at radius 1 is 1.33 bits per heavy atom. The number of aromatic carboxylic acids is 1. The van der Waals surface area contributed by atoms with Crippen molar-refractivity contribution < 1.29 is 14.8 Å². The second-order valence-corrected chi connectivity index (χ2v) is 4.48. The Bertz CT molecular complexity index is 673. The molecule has 0 saturated heterocycles. The lowest BCUT2D eigenvalue weighted by atomic mass is 10.1. The number of nitro benzene ring substituents is 1. The molecular weight excluding hydrogens is 274 g/mol. The third kappa shape index (κ3) is 3.33. The van der Waals surface area contributed by atoms with Crippen LogP contribution in [0.1, 0.15) is 15.9 Å². The van der Waals surface area contributed by atoms with Crippen molar-refractivity contribution in [2.45, 2.75) is 6.54 Å². The van der Waals surface area contributed by atoms with E-state index in [1.54, 1.807) is 36.5 Å². The van der Waals surface area contributed by atoms with Gasteiger partial charge in [-0.3, -0.25) is 15.1 Å². The van der Waals surface area contributed by atoms with Gasteiger partial charge in [0, 0.05) is 38.1 Å². The van der Waals surface area contributed by atoms with Crippen LogP contribution in [-0.2, 0) is 6.54 Å². The van der Waals surface area contributed by atoms with Crippen molar-refractivity contribution in [2.24, 2.45) is 0 Å². The van der Waals surface area contributed by atoms with Gasteiger partial charge in [-0.2, -0.15) is 0 Å². The number of benzene rings is 1. The maximum atomic E-state index is 11.3. The summed E-state index contributed by atoms with van der Waals surface area (Å²) in [5.41, 5.74) is 1.11. The van der Waals surface area contributed by atoms with Gasteiger partial charge >= 0.3 is 5.97 Å². The number of anilines is 1. The van der Waals surface area contributed by atoms with E-state index in [1.165, 1.54) is 18.2 Å². The molecule has 108 valence electrons. The molecular formula is C14H13N3O4. The molecule has 0 amide bonds. The summed E-state index contributed by atoms with van der Waals surface area (Å²) < 4.78 is 0. The van der Waals surface area contributed by atoms with Gasteiger partial charge in [0.05, 0.1) is 16.2 Å². The average molecular weight is 287 g/mol. The minimum Gasteiger partial charge on any atom is -0.478 e. The summed E-state index contributed by atoms with van der Waals surface area (Å²) in [6, 6.07) is 7.30. The molecule has 0 spiro atoms. The number of non-ortho nitro benzene ring substituents is 1. The highest BCUT2D eigenvalue weighted by Gasteiger charge is 2.18. The van der Waals surface area contributed by atoms with E-state index in [2.05, 4.69) is 4.98 Å². The summed E-state index contributed by atoms with van der Waals surface area (Å²) in [5, 5.41) is 20.1. The van der Waals surface area contributed by atoms with Crippen LogP contribution < -0.4 is 4.90 Å². The molecule has 0 radical (unpaired) electrons. The Labute approximate surface area is 120 Å². The lowest BCUT2D eigenvalue weighted by Crippen LogP contribution is -2.19. The average Bonchev–Trinajstić information content (AvgIpc) is 2.47. The van der Waals surface area contributed by atoms with Gasteiger partial charge in [-0.05, 0) is 23.8 Å². The number of carboxylic acid groups (broad SMARTS) is 1. The molecule has 0 saturated carbocycles. The first kappa shape index (κ1) is 14.4. The number of nitro groups is 1. The highest BCUT2D eigenvalue weighted by molar-refractivity contribution is 5.95. The highest BCUT2D eigenvalue weighted by atomic mass is 16.6. The number of rotatable bonds is 5. The molecule has 1 N–H and O–H groups in total. The van der Waals surface area contributed by atoms with Crippen LogP contribution >= 0.6 is 0 Å². The van der Waals surface area contributed by atoms with Gasteiger partial charge in [-0.1, -0.05) is 0 Å². The van der Waals surface area contributed by atoms with Crippen molar-refractivity contribution in [3.05, 3.63) is 64.0 Å². The lowest BCUT2D eigenvalue weighted by Gasteiger charge is -2.21. The molecule has 0 aliphatic heterocycles. The zero-order chi connectivity index (χ0) is 15.4. The van der Waals surface area contributed by atoms with Gasteiger partial charge in [0.15, 0.2) is 0 Å². The molecule has 1 aromatic carbocycles. The van der Waals surface area contributed by atoms with E-state index >= 15 is 0 Å². The van der Waals surface area contributed by atoms with Crippen molar-refractivity contribution in [1.29, 1.82) is 0 Å². The van der Waals surface area contributed by atoms with E-state index in [4.69, 9.17) is 0 Å². The Morgan fingerprint density at radius 3 is 2.57 bits per heavy atom. The smallest absolute Gasteiger partial charge is 0.337 e. The third-order valence-corrected chi connectivity index (χ3v) is 3.00. The molecule has 0 bridgehead atoms.